The van der Waals surface area contributed by atoms with Crippen molar-refractivity contribution in [2.24, 2.45) is 5.16 Å². The van der Waals surface area contributed by atoms with E-state index in [-0.39, 0.29) is 0 Å². The van der Waals surface area contributed by atoms with Gasteiger partial charge in [0.15, 0.2) is 0 Å². The molecule has 0 heterocycles. The number of halogens is 1. The summed E-state index contributed by atoms with van der Waals surface area (Å²) in [5, 5.41) is 4.15. The summed E-state index contributed by atoms with van der Waals surface area (Å²) in [6.45, 7) is 0. The molecule has 0 spiro atoms. The highest BCUT2D eigenvalue weighted by Gasteiger charge is 1.96. The van der Waals surface area contributed by atoms with Crippen molar-refractivity contribution in [1.82, 2.24) is 0 Å². The van der Waals surface area contributed by atoms with Crippen LogP contribution in [0.15, 0.2) is 23.4 Å². The van der Waals surface area contributed by atoms with Gasteiger partial charge in [-0.1, -0.05) is 16.8 Å². The Morgan fingerprint density at radius 2 is 2.33 bits per heavy atom. The monoisotopic (exact) mass is 184 g/mol. The molecule has 0 bridgehead atoms. The summed E-state index contributed by atoms with van der Waals surface area (Å²) in [6, 6.07) is 5.20. The maximum Gasteiger partial charge on any atom is 0.106 e. The number of nitrogen functional groups attached to an aromatic ring is 1. The zero-order valence-electron chi connectivity index (χ0n) is 6.62. The largest absolute Gasteiger partial charge is 0.399 e. The third-order valence-corrected chi connectivity index (χ3v) is 1.65. The number of nitrogens with zero attached hydrogens (tertiary/aromatic N) is 1. The van der Waals surface area contributed by atoms with Crippen LogP contribution in [-0.2, 0) is 4.84 Å². The zero-order valence-corrected chi connectivity index (χ0v) is 7.38. The zero-order chi connectivity index (χ0) is 8.97. The van der Waals surface area contributed by atoms with Crippen molar-refractivity contribution >= 4 is 23.5 Å². The summed E-state index contributed by atoms with van der Waals surface area (Å²) in [4.78, 5) is 4.51. The molecule has 0 amide bonds. The SMILES string of the molecule is CO/N=C/c1ccc(N)cc1Cl. The Hall–Kier alpha value is -1.22. The lowest BCUT2D eigenvalue weighted by Gasteiger charge is -1.97. The average molecular weight is 185 g/mol. The number of rotatable bonds is 2. The number of hydrogen-bond donors (Lipinski definition) is 1. The molecule has 0 aliphatic carbocycles. The molecule has 3 nitrogen and oxygen atoms in total. The van der Waals surface area contributed by atoms with E-state index >= 15 is 0 Å². The first-order valence-corrected chi connectivity index (χ1v) is 3.73. The number of hydrogen-bond acceptors (Lipinski definition) is 3. The summed E-state index contributed by atoms with van der Waals surface area (Å²) in [7, 11) is 1.47. The highest BCUT2D eigenvalue weighted by molar-refractivity contribution is 6.33. The molecule has 1 rings (SSSR count). The Morgan fingerprint density at radius 3 is 2.92 bits per heavy atom. The number of oxime groups is 1. The predicted octanol–water partition coefficient (Wildman–Crippen LogP) is 1.90. The maximum atomic E-state index is 5.84. The Bertz CT molecular complexity index is 299. The van der Waals surface area contributed by atoms with Crippen LogP contribution in [-0.4, -0.2) is 13.3 Å². The van der Waals surface area contributed by atoms with Crippen LogP contribution in [0.2, 0.25) is 5.02 Å². The number of anilines is 1. The lowest BCUT2D eigenvalue weighted by molar-refractivity contribution is 0.215. The first-order valence-electron chi connectivity index (χ1n) is 3.35. The number of nitrogens with two attached hydrogens (primary N) is 1. The summed E-state index contributed by atoms with van der Waals surface area (Å²) in [6.07, 6.45) is 1.53. The molecule has 0 fully saturated rings. The summed E-state index contributed by atoms with van der Waals surface area (Å²) in [5.41, 5.74) is 6.91. The fourth-order valence-electron chi connectivity index (χ4n) is 0.758. The molecule has 0 aromatic heterocycles. The summed E-state index contributed by atoms with van der Waals surface area (Å²) < 4.78 is 0. The molecule has 0 atom stereocenters. The minimum atomic E-state index is 0.566. The Kier molecular flexibility index (Phi) is 2.94. The van der Waals surface area contributed by atoms with Gasteiger partial charge in [-0.25, -0.2) is 0 Å². The molecule has 2 N–H and O–H groups in total. The predicted molar refractivity (Wildman–Crippen MR) is 50.5 cm³/mol. The first-order chi connectivity index (χ1) is 5.74. The molecule has 1 aromatic carbocycles. The first kappa shape index (κ1) is 8.87. The van der Waals surface area contributed by atoms with Gasteiger partial charge in [0.05, 0.1) is 11.2 Å². The van der Waals surface area contributed by atoms with Crippen LogP contribution in [0.5, 0.6) is 0 Å². The van der Waals surface area contributed by atoms with Gasteiger partial charge in [0.1, 0.15) is 7.11 Å². The van der Waals surface area contributed by atoms with Crippen LogP contribution in [0.25, 0.3) is 0 Å². The third-order valence-electron chi connectivity index (χ3n) is 1.32. The van der Waals surface area contributed by atoms with E-state index in [9.17, 15) is 0 Å². The van der Waals surface area contributed by atoms with Gasteiger partial charge < -0.3 is 10.6 Å². The van der Waals surface area contributed by atoms with Crippen molar-refractivity contribution in [1.29, 1.82) is 0 Å². The van der Waals surface area contributed by atoms with Gasteiger partial charge in [-0.2, -0.15) is 0 Å². The van der Waals surface area contributed by atoms with Crippen LogP contribution >= 0.6 is 11.6 Å². The van der Waals surface area contributed by atoms with E-state index < -0.39 is 0 Å². The molecule has 0 aliphatic heterocycles. The van der Waals surface area contributed by atoms with Crippen molar-refractivity contribution in [3.63, 3.8) is 0 Å². The fraction of sp³-hybridized carbons (Fsp3) is 0.125. The molecule has 12 heavy (non-hydrogen) atoms. The lowest BCUT2D eigenvalue weighted by Crippen LogP contribution is -1.88. The highest BCUT2D eigenvalue weighted by atomic mass is 35.5. The van der Waals surface area contributed by atoms with Gasteiger partial charge >= 0.3 is 0 Å². The smallest absolute Gasteiger partial charge is 0.106 e. The second-order valence-corrected chi connectivity index (χ2v) is 2.61. The molecule has 1 aromatic rings. The number of benzene rings is 1. The maximum absolute atomic E-state index is 5.84. The van der Waals surface area contributed by atoms with Gasteiger partial charge in [0.2, 0.25) is 0 Å². The normalized spacial score (nSPS) is 10.5. The van der Waals surface area contributed by atoms with E-state index in [4.69, 9.17) is 17.3 Å². The van der Waals surface area contributed by atoms with Crippen LogP contribution in [0, 0.1) is 0 Å². The van der Waals surface area contributed by atoms with Crippen molar-refractivity contribution in [2.75, 3.05) is 12.8 Å². The van der Waals surface area contributed by atoms with E-state index in [1.807, 2.05) is 0 Å². The van der Waals surface area contributed by atoms with Gasteiger partial charge in [0, 0.05) is 11.3 Å². The van der Waals surface area contributed by atoms with Crippen LogP contribution in [0.1, 0.15) is 5.56 Å². The van der Waals surface area contributed by atoms with E-state index in [0.29, 0.717) is 10.7 Å². The van der Waals surface area contributed by atoms with Gasteiger partial charge in [-0.05, 0) is 18.2 Å². The van der Waals surface area contributed by atoms with Gasteiger partial charge in [-0.15, -0.1) is 0 Å². The quantitative estimate of drug-likeness (QED) is 0.434. The Labute approximate surface area is 75.8 Å². The fourth-order valence-corrected chi connectivity index (χ4v) is 0.995. The van der Waals surface area contributed by atoms with E-state index in [2.05, 4.69) is 9.99 Å². The molecule has 0 saturated heterocycles. The van der Waals surface area contributed by atoms with Crippen molar-refractivity contribution < 1.29 is 4.84 Å². The van der Waals surface area contributed by atoms with Crippen LogP contribution in [0.3, 0.4) is 0 Å². The standard InChI is InChI=1S/C8H9ClN2O/c1-12-11-5-6-2-3-7(10)4-8(6)9/h2-5H,10H2,1H3/b11-5+. The Morgan fingerprint density at radius 1 is 1.58 bits per heavy atom. The second-order valence-electron chi connectivity index (χ2n) is 2.20. The molecule has 0 unspecified atom stereocenters. The molecule has 4 heteroatoms. The Balaban J connectivity index is 2.94. The topological polar surface area (TPSA) is 47.6 Å². The molecule has 0 saturated carbocycles. The van der Waals surface area contributed by atoms with Crippen molar-refractivity contribution in [2.45, 2.75) is 0 Å². The van der Waals surface area contributed by atoms with Crippen molar-refractivity contribution in [3.8, 4) is 0 Å². The summed E-state index contributed by atoms with van der Waals surface area (Å²) >= 11 is 5.84. The average Bonchev–Trinajstić information content (AvgIpc) is 2.03. The molecule has 64 valence electrons. The van der Waals surface area contributed by atoms with Crippen molar-refractivity contribution in [3.05, 3.63) is 28.8 Å². The van der Waals surface area contributed by atoms with Gasteiger partial charge in [0.25, 0.3) is 0 Å². The van der Waals surface area contributed by atoms with E-state index in [1.54, 1.807) is 18.2 Å². The molecular formula is C8H9ClN2O. The second kappa shape index (κ2) is 3.97. The van der Waals surface area contributed by atoms with E-state index in [0.717, 1.165) is 5.56 Å². The van der Waals surface area contributed by atoms with Crippen LogP contribution < -0.4 is 5.73 Å². The van der Waals surface area contributed by atoms with Crippen LogP contribution in [0.4, 0.5) is 5.69 Å². The minimum absolute atomic E-state index is 0.566. The molecular weight excluding hydrogens is 176 g/mol. The highest BCUT2D eigenvalue weighted by Crippen LogP contribution is 2.17. The molecule has 0 aliphatic rings. The summed E-state index contributed by atoms with van der Waals surface area (Å²) in [5.74, 6) is 0. The van der Waals surface area contributed by atoms with E-state index in [1.165, 1.54) is 13.3 Å². The third kappa shape index (κ3) is 2.13. The molecule has 0 radical (unpaired) electrons. The minimum Gasteiger partial charge on any atom is -0.399 e. The van der Waals surface area contributed by atoms with Gasteiger partial charge in [-0.3, -0.25) is 0 Å². The lowest BCUT2D eigenvalue weighted by atomic mass is 10.2.